The molecule has 0 fully saturated rings. The van der Waals surface area contributed by atoms with Crippen molar-refractivity contribution in [2.75, 3.05) is 12.8 Å². The van der Waals surface area contributed by atoms with Crippen molar-refractivity contribution in [2.45, 2.75) is 44.4 Å². The number of fused-ring (bicyclic) bond motifs is 1. The number of carbonyl (C=O) groups is 1. The summed E-state index contributed by atoms with van der Waals surface area (Å²) in [7, 11) is -3.13. The van der Waals surface area contributed by atoms with Crippen LogP contribution in [0.2, 0.25) is 0 Å². The first-order chi connectivity index (χ1) is 11.8. The number of sulfone groups is 1. The number of aryl methyl sites for hydroxylation is 2. The van der Waals surface area contributed by atoms with Gasteiger partial charge in [0.25, 0.3) is 0 Å². The minimum absolute atomic E-state index is 0.0114. The second-order valence-corrected chi connectivity index (χ2v) is 9.75. The number of nitrogens with one attached hydrogen (secondary N) is 1. The van der Waals surface area contributed by atoms with Crippen LogP contribution in [0.25, 0.3) is 0 Å². The quantitative estimate of drug-likeness (QED) is 0.792. The molecule has 2 aromatic heterocycles. The number of amides is 1. The monoisotopic (exact) mass is 383 g/mol. The fourth-order valence-corrected chi connectivity index (χ4v) is 4.70. The Labute approximate surface area is 150 Å². The summed E-state index contributed by atoms with van der Waals surface area (Å²) < 4.78 is 24.0. The van der Waals surface area contributed by atoms with Crippen molar-refractivity contribution in [3.05, 3.63) is 27.5 Å². The Bertz CT molecular complexity index is 872. The molecule has 1 aliphatic carbocycles. The zero-order valence-corrected chi connectivity index (χ0v) is 15.9. The minimum Gasteiger partial charge on any atom is -0.354 e. The van der Waals surface area contributed by atoms with Crippen molar-refractivity contribution in [3.63, 3.8) is 0 Å². The molecule has 1 unspecified atom stereocenters. The topological polar surface area (TPSA) is 107 Å². The van der Waals surface area contributed by atoms with Gasteiger partial charge < -0.3 is 5.32 Å². The first kappa shape index (κ1) is 18.0. The fraction of sp³-hybridized carbons (Fsp3) is 0.600. The van der Waals surface area contributed by atoms with Crippen LogP contribution in [0.1, 0.15) is 40.0 Å². The van der Waals surface area contributed by atoms with E-state index in [9.17, 15) is 13.2 Å². The highest BCUT2D eigenvalue weighted by Gasteiger charge is 2.29. The second-order valence-electron chi connectivity index (χ2n) is 6.32. The third kappa shape index (κ3) is 4.63. The Morgan fingerprint density at radius 1 is 1.48 bits per heavy atom. The Morgan fingerprint density at radius 3 is 3.04 bits per heavy atom. The van der Waals surface area contributed by atoms with Crippen LogP contribution in [0.4, 0.5) is 0 Å². The summed E-state index contributed by atoms with van der Waals surface area (Å²) in [6.07, 6.45) is 5.59. The van der Waals surface area contributed by atoms with Crippen molar-refractivity contribution in [1.29, 1.82) is 0 Å². The van der Waals surface area contributed by atoms with Crippen LogP contribution >= 0.6 is 11.3 Å². The molecule has 1 atom stereocenters. The van der Waals surface area contributed by atoms with Crippen molar-refractivity contribution < 1.29 is 13.2 Å². The van der Waals surface area contributed by atoms with E-state index in [1.807, 2.05) is 6.92 Å². The predicted octanol–water partition coefficient (Wildman–Crippen LogP) is 0.824. The second kappa shape index (κ2) is 7.20. The molecular formula is C15H21N5O3S2. The van der Waals surface area contributed by atoms with Gasteiger partial charge in [0, 0.05) is 23.9 Å². The number of thiazole rings is 1. The Kier molecular flexibility index (Phi) is 5.19. The molecule has 3 rings (SSSR count). The summed E-state index contributed by atoms with van der Waals surface area (Å²) in [5, 5.41) is 11.7. The van der Waals surface area contributed by atoms with E-state index < -0.39 is 9.84 Å². The average Bonchev–Trinajstić information content (AvgIpc) is 3.10. The van der Waals surface area contributed by atoms with Gasteiger partial charge >= 0.3 is 0 Å². The summed E-state index contributed by atoms with van der Waals surface area (Å²) >= 11 is 1.68. The van der Waals surface area contributed by atoms with E-state index in [1.165, 1.54) is 4.88 Å². The molecular weight excluding hydrogens is 362 g/mol. The van der Waals surface area contributed by atoms with Gasteiger partial charge in [0.2, 0.25) is 5.91 Å². The van der Waals surface area contributed by atoms with Gasteiger partial charge in [-0.1, -0.05) is 5.21 Å². The van der Waals surface area contributed by atoms with E-state index in [2.05, 4.69) is 20.6 Å². The van der Waals surface area contributed by atoms with Crippen LogP contribution in [-0.4, -0.2) is 47.1 Å². The maximum absolute atomic E-state index is 12.5. The summed E-state index contributed by atoms with van der Waals surface area (Å²) in [4.78, 5) is 18.2. The fourth-order valence-electron chi connectivity index (χ4n) is 2.99. The molecule has 1 N–H and O–H groups in total. The number of hydrogen-bond donors (Lipinski definition) is 1. The zero-order valence-electron chi connectivity index (χ0n) is 14.2. The van der Waals surface area contributed by atoms with Crippen molar-refractivity contribution >= 4 is 27.1 Å². The number of aromatic nitrogens is 4. The lowest BCUT2D eigenvalue weighted by atomic mass is 9.90. The molecule has 0 aromatic carbocycles. The van der Waals surface area contributed by atoms with E-state index in [1.54, 1.807) is 22.2 Å². The summed E-state index contributed by atoms with van der Waals surface area (Å²) in [6.45, 7) is 2.82. The number of carbonyl (C=O) groups excluding carboxylic acids is 1. The first-order valence-electron chi connectivity index (χ1n) is 8.12. The highest BCUT2D eigenvalue weighted by atomic mass is 32.2. The van der Waals surface area contributed by atoms with Gasteiger partial charge in [-0.25, -0.2) is 13.4 Å². The van der Waals surface area contributed by atoms with Crippen LogP contribution < -0.4 is 5.32 Å². The highest BCUT2D eigenvalue weighted by Crippen LogP contribution is 2.34. The molecule has 8 nitrogen and oxygen atoms in total. The molecule has 0 saturated heterocycles. The van der Waals surface area contributed by atoms with Gasteiger partial charge in [-0.2, -0.15) is 0 Å². The number of nitrogens with zero attached hydrogens (tertiary/aromatic N) is 4. The summed E-state index contributed by atoms with van der Waals surface area (Å²) in [6, 6.07) is 0. The van der Waals surface area contributed by atoms with Crippen molar-refractivity contribution in [2.24, 2.45) is 0 Å². The average molecular weight is 383 g/mol. The van der Waals surface area contributed by atoms with Crippen molar-refractivity contribution in [3.8, 4) is 0 Å². The van der Waals surface area contributed by atoms with Gasteiger partial charge in [-0.05, 0) is 26.2 Å². The van der Waals surface area contributed by atoms with Crippen LogP contribution in [-0.2, 0) is 33.4 Å². The van der Waals surface area contributed by atoms with Gasteiger partial charge in [0.1, 0.15) is 0 Å². The lowest BCUT2D eigenvalue weighted by Gasteiger charge is -2.20. The van der Waals surface area contributed by atoms with E-state index >= 15 is 0 Å². The van der Waals surface area contributed by atoms with Crippen LogP contribution in [0, 0.1) is 6.92 Å². The molecule has 2 heterocycles. The molecule has 0 aliphatic heterocycles. The smallest absolute Gasteiger partial charge is 0.229 e. The lowest BCUT2D eigenvalue weighted by Crippen LogP contribution is -2.33. The van der Waals surface area contributed by atoms with Crippen LogP contribution in [0.5, 0.6) is 0 Å². The largest absolute Gasteiger partial charge is 0.354 e. The molecule has 1 aliphatic rings. The molecule has 0 spiro atoms. The summed E-state index contributed by atoms with van der Waals surface area (Å²) in [5.41, 5.74) is 1.34. The molecule has 10 heteroatoms. The molecule has 25 heavy (non-hydrogen) atoms. The Balaban J connectivity index is 1.54. The SMILES string of the molecule is Cc1nc2c(s1)CCCC2C(=O)NCCn1cc(CS(C)(=O)=O)nn1. The number of rotatable bonds is 6. The summed E-state index contributed by atoms with van der Waals surface area (Å²) in [5.74, 6) is -0.319. The molecule has 1 amide bonds. The lowest BCUT2D eigenvalue weighted by molar-refractivity contribution is -0.123. The standard InChI is InChI=1S/C15H21N5O3S2/c1-10-17-14-12(4-3-5-13(14)24-10)15(21)16-6-7-20-8-11(18-19-20)9-25(2,22)23/h8,12H,3-7,9H2,1-2H3,(H,16,21). The molecule has 0 saturated carbocycles. The van der Waals surface area contributed by atoms with Gasteiger partial charge in [-0.3, -0.25) is 9.48 Å². The molecule has 0 bridgehead atoms. The van der Waals surface area contributed by atoms with Crippen molar-refractivity contribution in [1.82, 2.24) is 25.3 Å². The molecule has 136 valence electrons. The van der Waals surface area contributed by atoms with Crippen LogP contribution in [0.3, 0.4) is 0 Å². The first-order valence-corrected chi connectivity index (χ1v) is 11.0. The van der Waals surface area contributed by atoms with Gasteiger partial charge in [-0.15, -0.1) is 16.4 Å². The van der Waals surface area contributed by atoms with E-state index in [-0.39, 0.29) is 17.6 Å². The van der Waals surface area contributed by atoms with Gasteiger partial charge in [0.15, 0.2) is 9.84 Å². The maximum Gasteiger partial charge on any atom is 0.229 e. The normalized spacial score (nSPS) is 17.3. The minimum atomic E-state index is -3.13. The third-order valence-corrected chi connectivity index (χ3v) is 5.88. The Morgan fingerprint density at radius 2 is 2.28 bits per heavy atom. The molecule has 0 radical (unpaired) electrons. The highest BCUT2D eigenvalue weighted by molar-refractivity contribution is 7.89. The third-order valence-electron chi connectivity index (χ3n) is 4.01. The van der Waals surface area contributed by atoms with Crippen LogP contribution in [0.15, 0.2) is 6.20 Å². The van der Waals surface area contributed by atoms with Gasteiger partial charge in [0.05, 0.1) is 34.6 Å². The van der Waals surface area contributed by atoms with E-state index in [0.29, 0.717) is 18.8 Å². The predicted molar refractivity (Wildman–Crippen MR) is 94.1 cm³/mol. The zero-order chi connectivity index (χ0) is 18.0. The molecule has 2 aromatic rings. The Hall–Kier alpha value is -1.81. The maximum atomic E-state index is 12.5. The van der Waals surface area contributed by atoms with E-state index in [4.69, 9.17) is 0 Å². The number of hydrogen-bond acceptors (Lipinski definition) is 7. The van der Waals surface area contributed by atoms with E-state index in [0.717, 1.165) is 36.2 Å².